The molecular formula is C18H20N4O3. The molecule has 0 aliphatic carbocycles. The molecule has 1 fully saturated rings. The lowest BCUT2D eigenvalue weighted by molar-refractivity contribution is -0.125. The van der Waals surface area contributed by atoms with E-state index >= 15 is 0 Å². The van der Waals surface area contributed by atoms with E-state index in [-0.39, 0.29) is 12.5 Å². The minimum atomic E-state index is -0.690. The van der Waals surface area contributed by atoms with Crippen LogP contribution in [0, 0.1) is 0 Å². The number of rotatable bonds is 3. The fourth-order valence-electron chi connectivity index (χ4n) is 2.93. The molecule has 130 valence electrons. The topological polar surface area (TPSA) is 75.7 Å². The number of benzene rings is 1. The smallest absolute Gasteiger partial charge is 0.270 e. The van der Waals surface area contributed by atoms with Crippen molar-refractivity contribution in [2.45, 2.75) is 6.10 Å². The van der Waals surface area contributed by atoms with Crippen molar-refractivity contribution in [2.75, 3.05) is 43.0 Å². The number of nitrogens with zero attached hydrogens (tertiary/aromatic N) is 2. The second-order valence-electron chi connectivity index (χ2n) is 5.99. The van der Waals surface area contributed by atoms with Gasteiger partial charge in [0.15, 0.2) is 11.5 Å². The summed E-state index contributed by atoms with van der Waals surface area (Å²) in [4.78, 5) is 19.0. The van der Waals surface area contributed by atoms with E-state index in [0.29, 0.717) is 17.3 Å². The molecule has 25 heavy (non-hydrogen) atoms. The maximum absolute atomic E-state index is 12.4. The molecule has 1 unspecified atom stereocenters. The first kappa shape index (κ1) is 15.7. The number of carbonyl (C=O) groups is 1. The van der Waals surface area contributed by atoms with Crippen LogP contribution in [0.25, 0.3) is 0 Å². The predicted octanol–water partition coefficient (Wildman–Crippen LogP) is 1.27. The SMILES string of the molecule is O=C(Nc1ccc(N2CCNCC2)cn1)C1COc2ccccc2O1. The predicted molar refractivity (Wildman–Crippen MR) is 94.3 cm³/mol. The number of nitrogens with one attached hydrogen (secondary N) is 2. The van der Waals surface area contributed by atoms with Gasteiger partial charge in [0.05, 0.1) is 11.9 Å². The molecule has 0 bridgehead atoms. The summed E-state index contributed by atoms with van der Waals surface area (Å²) >= 11 is 0. The molecule has 1 amide bonds. The number of anilines is 2. The number of fused-ring (bicyclic) bond motifs is 1. The van der Waals surface area contributed by atoms with Gasteiger partial charge in [-0.05, 0) is 24.3 Å². The molecule has 1 saturated heterocycles. The van der Waals surface area contributed by atoms with E-state index in [1.165, 1.54) is 0 Å². The lowest BCUT2D eigenvalue weighted by Crippen LogP contribution is -2.43. The molecule has 0 spiro atoms. The summed E-state index contributed by atoms with van der Waals surface area (Å²) < 4.78 is 11.3. The number of hydrogen-bond acceptors (Lipinski definition) is 6. The molecule has 2 N–H and O–H groups in total. The third kappa shape index (κ3) is 3.51. The van der Waals surface area contributed by atoms with Crippen LogP contribution in [0.5, 0.6) is 11.5 Å². The number of hydrogen-bond donors (Lipinski definition) is 2. The monoisotopic (exact) mass is 340 g/mol. The van der Waals surface area contributed by atoms with E-state index in [9.17, 15) is 4.79 Å². The van der Waals surface area contributed by atoms with Crippen LogP contribution in [-0.4, -0.2) is 49.8 Å². The number of amides is 1. The molecule has 1 aromatic carbocycles. The van der Waals surface area contributed by atoms with Gasteiger partial charge in [-0.25, -0.2) is 4.98 Å². The van der Waals surface area contributed by atoms with Crippen molar-refractivity contribution < 1.29 is 14.3 Å². The van der Waals surface area contributed by atoms with Crippen LogP contribution in [0.15, 0.2) is 42.6 Å². The van der Waals surface area contributed by atoms with Crippen LogP contribution in [-0.2, 0) is 4.79 Å². The summed E-state index contributed by atoms with van der Waals surface area (Å²) in [5.41, 5.74) is 1.06. The molecule has 7 nitrogen and oxygen atoms in total. The second kappa shape index (κ2) is 6.98. The highest BCUT2D eigenvalue weighted by molar-refractivity contribution is 5.94. The van der Waals surface area contributed by atoms with E-state index in [1.807, 2.05) is 30.3 Å². The highest BCUT2D eigenvalue weighted by Gasteiger charge is 2.27. The minimum Gasteiger partial charge on any atom is -0.485 e. The van der Waals surface area contributed by atoms with Gasteiger partial charge >= 0.3 is 0 Å². The molecular weight excluding hydrogens is 320 g/mol. The Morgan fingerprint density at radius 3 is 2.72 bits per heavy atom. The number of ether oxygens (including phenoxy) is 2. The van der Waals surface area contributed by atoms with Crippen LogP contribution in [0.2, 0.25) is 0 Å². The standard InChI is InChI=1S/C18H20N4O3/c23-18(16-12-24-14-3-1-2-4-15(14)25-16)21-17-6-5-13(11-20-17)22-9-7-19-8-10-22/h1-6,11,16,19H,7-10,12H2,(H,20,21,23). The van der Waals surface area contributed by atoms with Gasteiger partial charge in [0.1, 0.15) is 12.4 Å². The number of para-hydroxylation sites is 2. The van der Waals surface area contributed by atoms with Gasteiger partial charge in [0.2, 0.25) is 6.10 Å². The van der Waals surface area contributed by atoms with Gasteiger partial charge in [0.25, 0.3) is 5.91 Å². The van der Waals surface area contributed by atoms with Gasteiger partial charge in [-0.2, -0.15) is 0 Å². The Morgan fingerprint density at radius 2 is 1.96 bits per heavy atom. The van der Waals surface area contributed by atoms with E-state index in [2.05, 4.69) is 20.5 Å². The highest BCUT2D eigenvalue weighted by atomic mass is 16.6. The Morgan fingerprint density at radius 1 is 1.16 bits per heavy atom. The van der Waals surface area contributed by atoms with E-state index in [0.717, 1.165) is 31.9 Å². The first-order chi connectivity index (χ1) is 12.3. The summed E-state index contributed by atoms with van der Waals surface area (Å²) in [6.07, 6.45) is 1.10. The van der Waals surface area contributed by atoms with Gasteiger partial charge in [0, 0.05) is 26.2 Å². The zero-order valence-electron chi connectivity index (χ0n) is 13.8. The van der Waals surface area contributed by atoms with E-state index in [4.69, 9.17) is 9.47 Å². The zero-order valence-corrected chi connectivity index (χ0v) is 13.8. The molecule has 7 heteroatoms. The van der Waals surface area contributed by atoms with E-state index in [1.54, 1.807) is 12.3 Å². The van der Waals surface area contributed by atoms with Gasteiger partial charge in [-0.3, -0.25) is 4.79 Å². The van der Waals surface area contributed by atoms with Crippen molar-refractivity contribution in [3.8, 4) is 11.5 Å². The molecule has 1 aromatic heterocycles. The maximum Gasteiger partial charge on any atom is 0.270 e. The van der Waals surface area contributed by atoms with Crippen molar-refractivity contribution in [3.05, 3.63) is 42.6 Å². The molecule has 2 aliphatic rings. The van der Waals surface area contributed by atoms with Crippen LogP contribution >= 0.6 is 0 Å². The quantitative estimate of drug-likeness (QED) is 0.876. The molecule has 2 aliphatic heterocycles. The summed E-state index contributed by atoms with van der Waals surface area (Å²) in [6, 6.07) is 11.1. The Hall–Kier alpha value is -2.80. The van der Waals surface area contributed by atoms with Gasteiger partial charge in [-0.1, -0.05) is 12.1 Å². The van der Waals surface area contributed by atoms with Gasteiger partial charge in [-0.15, -0.1) is 0 Å². The molecule has 0 saturated carbocycles. The van der Waals surface area contributed by atoms with Crippen molar-refractivity contribution in [2.24, 2.45) is 0 Å². The molecule has 1 atom stereocenters. The normalized spacial score (nSPS) is 19.4. The Bertz CT molecular complexity index is 744. The van der Waals surface area contributed by atoms with Gasteiger partial charge < -0.3 is 25.0 Å². The lowest BCUT2D eigenvalue weighted by Gasteiger charge is -2.29. The summed E-state index contributed by atoms with van der Waals surface area (Å²) in [5, 5.41) is 6.11. The van der Waals surface area contributed by atoms with Crippen LogP contribution in [0.4, 0.5) is 11.5 Å². The molecule has 2 aromatic rings. The average Bonchev–Trinajstić information content (AvgIpc) is 2.69. The maximum atomic E-state index is 12.4. The Kier molecular flexibility index (Phi) is 4.39. The fourth-order valence-corrected chi connectivity index (χ4v) is 2.93. The minimum absolute atomic E-state index is 0.182. The number of pyridine rings is 1. The van der Waals surface area contributed by atoms with Crippen LogP contribution in [0.3, 0.4) is 0 Å². The van der Waals surface area contributed by atoms with Crippen LogP contribution in [0.1, 0.15) is 0 Å². The third-order valence-corrected chi connectivity index (χ3v) is 4.28. The lowest BCUT2D eigenvalue weighted by atomic mass is 10.2. The zero-order chi connectivity index (χ0) is 17.1. The Labute approximate surface area is 145 Å². The molecule has 4 rings (SSSR count). The van der Waals surface area contributed by atoms with Crippen molar-refractivity contribution >= 4 is 17.4 Å². The average molecular weight is 340 g/mol. The van der Waals surface area contributed by atoms with Crippen molar-refractivity contribution in [1.82, 2.24) is 10.3 Å². The number of piperazine rings is 1. The number of aromatic nitrogens is 1. The first-order valence-corrected chi connectivity index (χ1v) is 8.41. The van der Waals surface area contributed by atoms with E-state index < -0.39 is 6.10 Å². The first-order valence-electron chi connectivity index (χ1n) is 8.41. The summed E-state index contributed by atoms with van der Waals surface area (Å²) in [5.74, 6) is 1.48. The van der Waals surface area contributed by atoms with Crippen molar-refractivity contribution in [3.63, 3.8) is 0 Å². The summed E-state index contributed by atoms with van der Waals surface area (Å²) in [6.45, 7) is 4.04. The number of carbonyl (C=O) groups excluding carboxylic acids is 1. The highest BCUT2D eigenvalue weighted by Crippen LogP contribution is 2.31. The largest absolute Gasteiger partial charge is 0.485 e. The van der Waals surface area contributed by atoms with Crippen LogP contribution < -0.4 is 25.0 Å². The molecule has 0 radical (unpaired) electrons. The molecule has 3 heterocycles. The Balaban J connectivity index is 1.38. The fraction of sp³-hybridized carbons (Fsp3) is 0.333. The third-order valence-electron chi connectivity index (χ3n) is 4.28. The second-order valence-corrected chi connectivity index (χ2v) is 5.99. The summed E-state index contributed by atoms with van der Waals surface area (Å²) in [7, 11) is 0. The van der Waals surface area contributed by atoms with Crippen molar-refractivity contribution in [1.29, 1.82) is 0 Å².